The molecule has 6 heteroatoms. The second kappa shape index (κ2) is 8.97. The van der Waals surface area contributed by atoms with Gasteiger partial charge in [-0.1, -0.05) is 30.0 Å². The number of ether oxygens (including phenoxy) is 2. The van der Waals surface area contributed by atoms with Gasteiger partial charge in [0.05, 0.1) is 36.6 Å². The zero-order chi connectivity index (χ0) is 20.1. The monoisotopic (exact) mass is 396 g/mol. The quantitative estimate of drug-likeness (QED) is 0.595. The van der Waals surface area contributed by atoms with Gasteiger partial charge in [0, 0.05) is 10.9 Å². The van der Waals surface area contributed by atoms with E-state index in [1.54, 1.807) is 14.2 Å². The molecule has 1 atom stereocenters. The molecule has 1 N–H and O–H groups in total. The second-order valence-electron chi connectivity index (χ2n) is 6.48. The predicted octanol–water partition coefficient (Wildman–Crippen LogP) is 4.53. The highest BCUT2D eigenvalue weighted by Crippen LogP contribution is 2.29. The standard InChI is InChI=1S/C22H24N2O3S/c1-14-11-22(24-19-8-6-5-7-17(14)19)28-13-21(25)23-15(2)18-12-16(26-3)9-10-20(18)27-4/h5-12,15H,13H2,1-4H3,(H,23,25). The van der Waals surface area contributed by atoms with Crippen LogP contribution in [0, 0.1) is 6.92 Å². The summed E-state index contributed by atoms with van der Waals surface area (Å²) < 4.78 is 10.7. The first-order valence-corrected chi connectivity index (χ1v) is 10.0. The Balaban J connectivity index is 1.66. The van der Waals surface area contributed by atoms with E-state index in [0.29, 0.717) is 11.5 Å². The number of methoxy groups -OCH3 is 2. The van der Waals surface area contributed by atoms with Crippen molar-refractivity contribution in [1.82, 2.24) is 10.3 Å². The van der Waals surface area contributed by atoms with E-state index in [9.17, 15) is 4.79 Å². The SMILES string of the molecule is COc1ccc(OC)c(C(C)NC(=O)CSc2cc(C)c3ccccc3n2)c1. The number of pyridine rings is 1. The summed E-state index contributed by atoms with van der Waals surface area (Å²) in [5.41, 5.74) is 2.97. The molecule has 0 saturated heterocycles. The van der Waals surface area contributed by atoms with Gasteiger partial charge in [0.25, 0.3) is 0 Å². The average Bonchev–Trinajstić information content (AvgIpc) is 2.71. The summed E-state index contributed by atoms with van der Waals surface area (Å²) in [5, 5.41) is 5.00. The topological polar surface area (TPSA) is 60.5 Å². The van der Waals surface area contributed by atoms with E-state index < -0.39 is 0 Å². The van der Waals surface area contributed by atoms with Crippen LogP contribution in [0.2, 0.25) is 0 Å². The van der Waals surface area contributed by atoms with E-state index in [0.717, 1.165) is 32.8 Å². The van der Waals surface area contributed by atoms with Crippen LogP contribution in [-0.4, -0.2) is 30.9 Å². The summed E-state index contributed by atoms with van der Waals surface area (Å²) in [6.45, 7) is 3.99. The van der Waals surface area contributed by atoms with Gasteiger partial charge in [-0.25, -0.2) is 4.98 Å². The van der Waals surface area contributed by atoms with Gasteiger partial charge >= 0.3 is 0 Å². The Bertz CT molecular complexity index is 991. The third-order valence-corrected chi connectivity index (χ3v) is 5.44. The van der Waals surface area contributed by atoms with Crippen LogP contribution in [0.5, 0.6) is 11.5 Å². The molecule has 0 aliphatic carbocycles. The maximum Gasteiger partial charge on any atom is 0.230 e. The predicted molar refractivity (Wildman–Crippen MR) is 113 cm³/mol. The minimum atomic E-state index is -0.204. The van der Waals surface area contributed by atoms with E-state index in [4.69, 9.17) is 9.47 Å². The molecule has 2 aromatic carbocycles. The zero-order valence-corrected chi connectivity index (χ0v) is 17.3. The van der Waals surface area contributed by atoms with Crippen LogP contribution < -0.4 is 14.8 Å². The van der Waals surface area contributed by atoms with Gasteiger partial charge < -0.3 is 14.8 Å². The molecule has 0 spiro atoms. The number of nitrogens with zero attached hydrogens (tertiary/aromatic N) is 1. The van der Waals surface area contributed by atoms with Crippen LogP contribution in [-0.2, 0) is 4.79 Å². The van der Waals surface area contributed by atoms with Gasteiger partial charge in [0.1, 0.15) is 11.5 Å². The van der Waals surface area contributed by atoms with Crippen molar-refractivity contribution in [3.63, 3.8) is 0 Å². The lowest BCUT2D eigenvalue weighted by molar-refractivity contribution is -0.119. The molecule has 1 aromatic heterocycles. The zero-order valence-electron chi connectivity index (χ0n) is 16.5. The van der Waals surface area contributed by atoms with Crippen molar-refractivity contribution >= 4 is 28.6 Å². The molecule has 28 heavy (non-hydrogen) atoms. The maximum absolute atomic E-state index is 12.5. The molecule has 0 bridgehead atoms. The molecule has 3 aromatic rings. The Morgan fingerprint density at radius 1 is 1.14 bits per heavy atom. The van der Waals surface area contributed by atoms with Crippen molar-refractivity contribution < 1.29 is 14.3 Å². The number of thioether (sulfide) groups is 1. The van der Waals surface area contributed by atoms with Crippen LogP contribution in [0.4, 0.5) is 0 Å². The Morgan fingerprint density at radius 3 is 2.68 bits per heavy atom. The van der Waals surface area contributed by atoms with Crippen molar-refractivity contribution in [1.29, 1.82) is 0 Å². The molecule has 0 radical (unpaired) electrons. The average molecular weight is 397 g/mol. The van der Waals surface area contributed by atoms with Crippen LogP contribution in [0.15, 0.2) is 53.6 Å². The van der Waals surface area contributed by atoms with Crippen molar-refractivity contribution in [3.8, 4) is 11.5 Å². The molecule has 1 unspecified atom stereocenters. The fraction of sp³-hybridized carbons (Fsp3) is 0.273. The number of rotatable bonds is 7. The van der Waals surface area contributed by atoms with Gasteiger partial charge in [0.2, 0.25) is 5.91 Å². The normalized spacial score (nSPS) is 11.9. The Kier molecular flexibility index (Phi) is 6.41. The smallest absolute Gasteiger partial charge is 0.230 e. The first kappa shape index (κ1) is 20.0. The molecule has 1 amide bonds. The van der Waals surface area contributed by atoms with Gasteiger partial charge in [-0.05, 0) is 49.7 Å². The molecule has 0 aliphatic rings. The summed E-state index contributed by atoms with van der Waals surface area (Å²) in [6, 6.07) is 15.4. The van der Waals surface area contributed by atoms with Gasteiger partial charge in [-0.2, -0.15) is 0 Å². The number of para-hydroxylation sites is 1. The number of benzene rings is 2. The van der Waals surface area contributed by atoms with Gasteiger partial charge in [-0.3, -0.25) is 4.79 Å². The lowest BCUT2D eigenvalue weighted by Gasteiger charge is -2.18. The largest absolute Gasteiger partial charge is 0.497 e. The lowest BCUT2D eigenvalue weighted by Crippen LogP contribution is -2.28. The highest BCUT2D eigenvalue weighted by molar-refractivity contribution is 7.99. The number of carbonyl (C=O) groups is 1. The Labute approximate surface area is 169 Å². The number of aromatic nitrogens is 1. The molecule has 1 heterocycles. The number of aryl methyl sites for hydroxylation is 1. The molecule has 5 nitrogen and oxygen atoms in total. The molecule has 0 saturated carbocycles. The van der Waals surface area contributed by atoms with Crippen molar-refractivity contribution in [2.75, 3.05) is 20.0 Å². The summed E-state index contributed by atoms with van der Waals surface area (Å²) in [7, 11) is 3.23. The first-order chi connectivity index (χ1) is 13.5. The molecular formula is C22H24N2O3S. The van der Waals surface area contributed by atoms with E-state index in [-0.39, 0.29) is 11.9 Å². The van der Waals surface area contributed by atoms with Crippen molar-refractivity contribution in [2.45, 2.75) is 24.9 Å². The highest BCUT2D eigenvalue weighted by Gasteiger charge is 2.16. The van der Waals surface area contributed by atoms with E-state index in [2.05, 4.69) is 23.3 Å². The third kappa shape index (κ3) is 4.57. The number of hydrogen-bond acceptors (Lipinski definition) is 5. The maximum atomic E-state index is 12.5. The second-order valence-corrected chi connectivity index (χ2v) is 7.48. The van der Waals surface area contributed by atoms with Crippen molar-refractivity contribution in [3.05, 3.63) is 59.7 Å². The summed E-state index contributed by atoms with van der Waals surface area (Å²) >= 11 is 1.43. The fourth-order valence-electron chi connectivity index (χ4n) is 3.07. The number of carbonyl (C=O) groups excluding carboxylic acids is 1. The Morgan fingerprint density at radius 2 is 1.93 bits per heavy atom. The van der Waals surface area contributed by atoms with Crippen molar-refractivity contribution in [2.24, 2.45) is 0 Å². The van der Waals surface area contributed by atoms with Gasteiger partial charge in [-0.15, -0.1) is 0 Å². The van der Waals surface area contributed by atoms with Crippen LogP contribution in [0.1, 0.15) is 24.1 Å². The first-order valence-electron chi connectivity index (χ1n) is 9.02. The molecule has 146 valence electrons. The minimum absolute atomic E-state index is 0.0602. The lowest BCUT2D eigenvalue weighted by atomic mass is 10.1. The third-order valence-electron chi connectivity index (χ3n) is 4.53. The molecule has 0 fully saturated rings. The number of nitrogens with one attached hydrogen (secondary N) is 1. The van der Waals surface area contributed by atoms with E-state index >= 15 is 0 Å². The molecular weight excluding hydrogens is 372 g/mol. The molecule has 3 rings (SSSR count). The molecule has 0 aliphatic heterocycles. The van der Waals surface area contributed by atoms with Crippen LogP contribution in [0.25, 0.3) is 10.9 Å². The van der Waals surface area contributed by atoms with Crippen LogP contribution >= 0.6 is 11.8 Å². The van der Waals surface area contributed by atoms with E-state index in [1.807, 2.05) is 49.4 Å². The summed E-state index contributed by atoms with van der Waals surface area (Å²) in [4.78, 5) is 17.1. The van der Waals surface area contributed by atoms with Gasteiger partial charge in [0.15, 0.2) is 0 Å². The number of hydrogen-bond donors (Lipinski definition) is 1. The number of amides is 1. The minimum Gasteiger partial charge on any atom is -0.497 e. The highest BCUT2D eigenvalue weighted by atomic mass is 32.2. The summed E-state index contributed by atoms with van der Waals surface area (Å²) in [5.74, 6) is 1.67. The Hall–Kier alpha value is -2.73. The fourth-order valence-corrected chi connectivity index (χ4v) is 3.86. The van der Waals surface area contributed by atoms with E-state index in [1.165, 1.54) is 11.8 Å². The number of fused-ring (bicyclic) bond motifs is 1. The van der Waals surface area contributed by atoms with Crippen LogP contribution in [0.3, 0.4) is 0 Å². The summed E-state index contributed by atoms with van der Waals surface area (Å²) in [6.07, 6.45) is 0.